The van der Waals surface area contributed by atoms with Crippen molar-refractivity contribution in [3.8, 4) is 0 Å². The zero-order chi connectivity index (χ0) is 17.7. The van der Waals surface area contributed by atoms with Crippen molar-refractivity contribution < 1.29 is 9.90 Å². The van der Waals surface area contributed by atoms with Gasteiger partial charge in [0, 0.05) is 18.3 Å². The minimum atomic E-state index is -0.898. The van der Waals surface area contributed by atoms with Gasteiger partial charge in [-0.15, -0.1) is 0 Å². The van der Waals surface area contributed by atoms with Gasteiger partial charge in [-0.2, -0.15) is 0 Å². The second-order valence-electron chi connectivity index (χ2n) is 7.65. The molecule has 0 bridgehead atoms. The Morgan fingerprint density at radius 2 is 2.20 bits per heavy atom. The van der Waals surface area contributed by atoms with E-state index in [4.69, 9.17) is 5.11 Å². The SMILES string of the molecule is C/C(=C\c1ccc(N[C@]2(CC3CCCCC3)CCNC2)nc1)C(=O)O. The van der Waals surface area contributed by atoms with Gasteiger partial charge in [-0.1, -0.05) is 32.1 Å². The number of hydrogen-bond acceptors (Lipinski definition) is 4. The normalized spacial score (nSPS) is 25.1. The van der Waals surface area contributed by atoms with Crippen LogP contribution in [0.2, 0.25) is 0 Å². The van der Waals surface area contributed by atoms with Gasteiger partial charge in [0.05, 0.1) is 5.54 Å². The molecule has 1 aliphatic heterocycles. The fourth-order valence-electron chi connectivity index (χ4n) is 4.17. The number of carboxylic acids is 1. The van der Waals surface area contributed by atoms with Crippen molar-refractivity contribution in [1.82, 2.24) is 10.3 Å². The predicted molar refractivity (Wildman–Crippen MR) is 101 cm³/mol. The van der Waals surface area contributed by atoms with Crippen LogP contribution in [0.1, 0.15) is 57.4 Å². The summed E-state index contributed by atoms with van der Waals surface area (Å²) >= 11 is 0. The molecule has 1 saturated carbocycles. The smallest absolute Gasteiger partial charge is 0.331 e. The fourth-order valence-corrected chi connectivity index (χ4v) is 4.17. The van der Waals surface area contributed by atoms with Gasteiger partial charge in [-0.3, -0.25) is 0 Å². The minimum absolute atomic E-state index is 0.101. The molecule has 1 aliphatic carbocycles. The van der Waals surface area contributed by atoms with Crippen LogP contribution in [0.25, 0.3) is 6.08 Å². The van der Waals surface area contributed by atoms with Gasteiger partial charge < -0.3 is 15.7 Å². The lowest BCUT2D eigenvalue weighted by molar-refractivity contribution is -0.132. The number of aromatic nitrogens is 1. The standard InChI is InChI=1S/C20H29N3O2/c1-15(19(24)25)11-17-7-8-18(22-13-17)23-20(9-10-21-14-20)12-16-5-3-2-4-6-16/h7-8,11,13,16,21H,2-6,9-10,12,14H2,1H3,(H,22,23)(H,24,25)/b15-11+/t20-/m0/s1. The number of pyridine rings is 1. The largest absolute Gasteiger partial charge is 0.478 e. The lowest BCUT2D eigenvalue weighted by Gasteiger charge is -2.35. The number of nitrogens with one attached hydrogen (secondary N) is 2. The molecule has 2 heterocycles. The molecule has 3 rings (SSSR count). The summed E-state index contributed by atoms with van der Waals surface area (Å²) < 4.78 is 0. The molecule has 5 nitrogen and oxygen atoms in total. The third kappa shape index (κ3) is 4.82. The molecule has 1 saturated heterocycles. The molecular formula is C20H29N3O2. The summed E-state index contributed by atoms with van der Waals surface area (Å²) in [7, 11) is 0. The van der Waals surface area contributed by atoms with E-state index in [0.717, 1.165) is 36.8 Å². The summed E-state index contributed by atoms with van der Waals surface area (Å²) in [4.78, 5) is 15.4. The van der Waals surface area contributed by atoms with E-state index in [1.54, 1.807) is 19.2 Å². The number of carbonyl (C=O) groups is 1. The quantitative estimate of drug-likeness (QED) is 0.687. The molecular weight excluding hydrogens is 314 g/mol. The maximum absolute atomic E-state index is 10.9. The first kappa shape index (κ1) is 17.9. The Kier molecular flexibility index (Phi) is 5.74. The van der Waals surface area contributed by atoms with Crippen LogP contribution in [-0.2, 0) is 4.79 Å². The third-order valence-corrected chi connectivity index (χ3v) is 5.55. The molecule has 1 atom stereocenters. The molecule has 1 aromatic heterocycles. The van der Waals surface area contributed by atoms with Gasteiger partial charge in [-0.05, 0) is 56.0 Å². The van der Waals surface area contributed by atoms with Gasteiger partial charge in [0.2, 0.25) is 0 Å². The van der Waals surface area contributed by atoms with E-state index >= 15 is 0 Å². The van der Waals surface area contributed by atoms with Crippen molar-refractivity contribution in [2.45, 2.75) is 57.4 Å². The van der Waals surface area contributed by atoms with E-state index in [0.29, 0.717) is 5.57 Å². The first-order valence-corrected chi connectivity index (χ1v) is 9.43. The van der Waals surface area contributed by atoms with Crippen molar-refractivity contribution in [2.75, 3.05) is 18.4 Å². The Balaban J connectivity index is 1.67. The number of rotatable bonds is 6. The van der Waals surface area contributed by atoms with Crippen LogP contribution in [0.3, 0.4) is 0 Å². The molecule has 25 heavy (non-hydrogen) atoms. The van der Waals surface area contributed by atoms with Crippen LogP contribution in [0.5, 0.6) is 0 Å². The van der Waals surface area contributed by atoms with Crippen LogP contribution < -0.4 is 10.6 Å². The highest BCUT2D eigenvalue weighted by Crippen LogP contribution is 2.35. The molecule has 0 spiro atoms. The summed E-state index contributed by atoms with van der Waals surface area (Å²) in [6, 6.07) is 3.89. The van der Waals surface area contributed by atoms with Crippen LogP contribution >= 0.6 is 0 Å². The van der Waals surface area contributed by atoms with Crippen molar-refractivity contribution in [1.29, 1.82) is 0 Å². The van der Waals surface area contributed by atoms with Crippen molar-refractivity contribution in [2.24, 2.45) is 5.92 Å². The number of aliphatic carboxylic acids is 1. The molecule has 136 valence electrons. The molecule has 0 radical (unpaired) electrons. The van der Waals surface area contributed by atoms with Crippen LogP contribution in [0.4, 0.5) is 5.82 Å². The van der Waals surface area contributed by atoms with Crippen molar-refractivity contribution >= 4 is 17.9 Å². The van der Waals surface area contributed by atoms with Crippen molar-refractivity contribution in [3.05, 3.63) is 29.5 Å². The summed E-state index contributed by atoms with van der Waals surface area (Å²) in [6.07, 6.45) is 12.6. The molecule has 0 unspecified atom stereocenters. The molecule has 2 fully saturated rings. The van der Waals surface area contributed by atoms with E-state index in [-0.39, 0.29) is 5.54 Å². The highest BCUT2D eigenvalue weighted by molar-refractivity contribution is 5.91. The Bertz CT molecular complexity index is 612. The van der Waals surface area contributed by atoms with Crippen molar-refractivity contribution in [3.63, 3.8) is 0 Å². The Hall–Kier alpha value is -1.88. The minimum Gasteiger partial charge on any atom is -0.478 e. The maximum Gasteiger partial charge on any atom is 0.331 e. The maximum atomic E-state index is 10.9. The number of nitrogens with zero attached hydrogens (tertiary/aromatic N) is 1. The number of hydrogen-bond donors (Lipinski definition) is 3. The highest BCUT2D eigenvalue weighted by Gasteiger charge is 2.36. The molecule has 1 aromatic rings. The van der Waals surface area contributed by atoms with Crippen LogP contribution in [0.15, 0.2) is 23.9 Å². The van der Waals surface area contributed by atoms with Gasteiger partial charge >= 0.3 is 5.97 Å². The molecule has 3 N–H and O–H groups in total. The lowest BCUT2D eigenvalue weighted by atomic mass is 9.79. The lowest BCUT2D eigenvalue weighted by Crippen LogP contribution is -2.42. The number of carboxylic acid groups (broad SMARTS) is 1. The van der Waals surface area contributed by atoms with E-state index in [9.17, 15) is 4.79 Å². The highest BCUT2D eigenvalue weighted by atomic mass is 16.4. The predicted octanol–water partition coefficient (Wildman–Crippen LogP) is 3.68. The van der Waals surface area contributed by atoms with Gasteiger partial charge in [0.25, 0.3) is 0 Å². The second kappa shape index (κ2) is 8.00. The monoisotopic (exact) mass is 343 g/mol. The average Bonchev–Trinajstić information content (AvgIpc) is 3.05. The summed E-state index contributed by atoms with van der Waals surface area (Å²) in [5.41, 5.74) is 1.23. The fraction of sp³-hybridized carbons (Fsp3) is 0.600. The third-order valence-electron chi connectivity index (χ3n) is 5.55. The Morgan fingerprint density at radius 1 is 1.40 bits per heavy atom. The first-order valence-electron chi connectivity index (χ1n) is 9.43. The average molecular weight is 343 g/mol. The van der Waals surface area contributed by atoms with E-state index < -0.39 is 5.97 Å². The topological polar surface area (TPSA) is 74.2 Å². The van der Waals surface area contributed by atoms with E-state index in [1.807, 2.05) is 12.1 Å². The first-order chi connectivity index (χ1) is 12.1. The summed E-state index contributed by atoms with van der Waals surface area (Å²) in [5.74, 6) is 0.803. The molecule has 5 heteroatoms. The molecule has 2 aliphatic rings. The Morgan fingerprint density at radius 3 is 2.80 bits per heavy atom. The van der Waals surface area contributed by atoms with Crippen LogP contribution in [-0.4, -0.2) is 34.7 Å². The van der Waals surface area contributed by atoms with Gasteiger partial charge in [0.15, 0.2) is 0 Å². The zero-order valence-electron chi connectivity index (χ0n) is 15.1. The summed E-state index contributed by atoms with van der Waals surface area (Å²) in [6.45, 7) is 3.64. The second-order valence-corrected chi connectivity index (χ2v) is 7.65. The number of anilines is 1. The van der Waals surface area contributed by atoms with E-state index in [2.05, 4.69) is 15.6 Å². The Labute approximate surface area is 149 Å². The molecule has 0 amide bonds. The summed E-state index contributed by atoms with van der Waals surface area (Å²) in [5, 5.41) is 16.2. The zero-order valence-corrected chi connectivity index (χ0v) is 15.1. The van der Waals surface area contributed by atoms with Gasteiger partial charge in [0.1, 0.15) is 5.82 Å². The van der Waals surface area contributed by atoms with Crippen LogP contribution in [0, 0.1) is 5.92 Å². The molecule has 0 aromatic carbocycles. The van der Waals surface area contributed by atoms with Gasteiger partial charge in [-0.25, -0.2) is 9.78 Å². The van der Waals surface area contributed by atoms with E-state index in [1.165, 1.54) is 38.5 Å².